The maximum Gasteiger partial charge on any atom is 0.145 e. The first-order valence-corrected chi connectivity index (χ1v) is 3.28. The van der Waals surface area contributed by atoms with E-state index in [0.717, 1.165) is 6.20 Å². The zero-order valence-electron chi connectivity index (χ0n) is 6.17. The van der Waals surface area contributed by atoms with Gasteiger partial charge in [-0.15, -0.1) is 0 Å². The summed E-state index contributed by atoms with van der Waals surface area (Å²) in [6.07, 6.45) is 2.73. The summed E-state index contributed by atoms with van der Waals surface area (Å²) in [6, 6.07) is 1.51. The van der Waals surface area contributed by atoms with Crippen molar-refractivity contribution in [2.75, 3.05) is 0 Å². The second-order valence-electron chi connectivity index (χ2n) is 2.35. The van der Waals surface area contributed by atoms with Crippen LogP contribution in [-0.4, -0.2) is 10.8 Å². The van der Waals surface area contributed by atoms with Gasteiger partial charge in [-0.2, -0.15) is 0 Å². The number of halogens is 1. The van der Waals surface area contributed by atoms with Gasteiger partial charge in [0.05, 0.1) is 6.20 Å². The van der Waals surface area contributed by atoms with Gasteiger partial charge in [0.1, 0.15) is 11.6 Å². The van der Waals surface area contributed by atoms with E-state index in [-0.39, 0.29) is 12.2 Å². The van der Waals surface area contributed by atoms with E-state index in [9.17, 15) is 9.18 Å². The molecule has 0 unspecified atom stereocenters. The van der Waals surface area contributed by atoms with E-state index in [0.29, 0.717) is 5.56 Å². The van der Waals surface area contributed by atoms with Gasteiger partial charge in [0.2, 0.25) is 0 Å². The largest absolute Gasteiger partial charge is 0.300 e. The Kier molecular flexibility index (Phi) is 2.31. The normalized spacial score (nSPS) is 9.64. The first-order valence-electron chi connectivity index (χ1n) is 3.28. The Morgan fingerprint density at radius 2 is 2.45 bits per heavy atom. The zero-order chi connectivity index (χ0) is 8.27. The SMILES string of the molecule is CC(=O)Cc1ccncc1F. The van der Waals surface area contributed by atoms with Gasteiger partial charge in [-0.3, -0.25) is 9.78 Å². The Morgan fingerprint density at radius 3 is 3.00 bits per heavy atom. The van der Waals surface area contributed by atoms with E-state index in [1.807, 2.05) is 0 Å². The molecule has 1 rings (SSSR count). The molecule has 0 saturated carbocycles. The third-order valence-corrected chi connectivity index (χ3v) is 1.30. The molecule has 0 aliphatic carbocycles. The molecule has 1 heterocycles. The molecule has 0 atom stereocenters. The van der Waals surface area contributed by atoms with Crippen LogP contribution in [0.3, 0.4) is 0 Å². The predicted molar refractivity (Wildman–Crippen MR) is 38.6 cm³/mol. The molecule has 3 heteroatoms. The van der Waals surface area contributed by atoms with Crippen LogP contribution in [0, 0.1) is 5.82 Å². The number of aromatic nitrogens is 1. The van der Waals surface area contributed by atoms with E-state index >= 15 is 0 Å². The highest BCUT2D eigenvalue weighted by molar-refractivity contribution is 5.78. The molecule has 58 valence electrons. The van der Waals surface area contributed by atoms with Crippen LogP contribution in [0.4, 0.5) is 4.39 Å². The number of Topliss-reactive ketones (excluding diaryl/α,β-unsaturated/α-hetero) is 1. The Labute approximate surface area is 64.1 Å². The molecule has 0 aromatic carbocycles. The van der Waals surface area contributed by atoms with Crippen LogP contribution in [0.5, 0.6) is 0 Å². The number of ketones is 1. The molecule has 1 aromatic rings. The summed E-state index contributed by atoms with van der Waals surface area (Å²) in [7, 11) is 0. The van der Waals surface area contributed by atoms with E-state index < -0.39 is 5.82 Å². The number of pyridine rings is 1. The van der Waals surface area contributed by atoms with Crippen LogP contribution in [0.25, 0.3) is 0 Å². The molecule has 1 aromatic heterocycles. The van der Waals surface area contributed by atoms with Crippen molar-refractivity contribution in [3.63, 3.8) is 0 Å². The first-order chi connectivity index (χ1) is 5.20. The molecule has 0 aliphatic heterocycles. The van der Waals surface area contributed by atoms with E-state index in [2.05, 4.69) is 4.98 Å². The van der Waals surface area contributed by atoms with Gasteiger partial charge >= 0.3 is 0 Å². The minimum absolute atomic E-state index is 0.0462. The summed E-state index contributed by atoms with van der Waals surface area (Å²) >= 11 is 0. The molecule has 0 spiro atoms. The lowest BCUT2D eigenvalue weighted by Crippen LogP contribution is -1.99. The summed E-state index contributed by atoms with van der Waals surface area (Å²) < 4.78 is 12.7. The highest BCUT2D eigenvalue weighted by Crippen LogP contribution is 2.04. The van der Waals surface area contributed by atoms with Crippen molar-refractivity contribution in [3.05, 3.63) is 29.8 Å². The zero-order valence-corrected chi connectivity index (χ0v) is 6.17. The van der Waals surface area contributed by atoms with Crippen molar-refractivity contribution in [1.82, 2.24) is 4.98 Å². The van der Waals surface area contributed by atoms with E-state index in [1.54, 1.807) is 0 Å². The molecular weight excluding hydrogens is 145 g/mol. The Bertz CT molecular complexity index is 273. The molecule has 0 saturated heterocycles. The van der Waals surface area contributed by atoms with Crippen molar-refractivity contribution in [2.24, 2.45) is 0 Å². The van der Waals surface area contributed by atoms with Gasteiger partial charge in [-0.25, -0.2) is 4.39 Å². The third-order valence-electron chi connectivity index (χ3n) is 1.30. The summed E-state index contributed by atoms with van der Waals surface area (Å²) in [6.45, 7) is 1.43. The lowest BCUT2D eigenvalue weighted by atomic mass is 10.1. The van der Waals surface area contributed by atoms with Crippen LogP contribution in [-0.2, 0) is 11.2 Å². The highest BCUT2D eigenvalue weighted by atomic mass is 19.1. The molecule has 11 heavy (non-hydrogen) atoms. The predicted octanol–water partition coefficient (Wildman–Crippen LogP) is 1.35. The molecule has 0 amide bonds. The quantitative estimate of drug-likeness (QED) is 0.642. The van der Waals surface area contributed by atoms with E-state index in [4.69, 9.17) is 0 Å². The number of rotatable bonds is 2. The standard InChI is InChI=1S/C8H8FNO/c1-6(11)4-7-2-3-10-5-8(7)9/h2-3,5H,4H2,1H3. The fourth-order valence-electron chi connectivity index (χ4n) is 0.816. The summed E-state index contributed by atoms with van der Waals surface area (Å²) in [5.74, 6) is -0.460. The molecule has 0 radical (unpaired) electrons. The lowest BCUT2D eigenvalue weighted by Gasteiger charge is -1.96. The third kappa shape index (κ3) is 2.11. The van der Waals surface area contributed by atoms with Crippen molar-refractivity contribution in [2.45, 2.75) is 13.3 Å². The van der Waals surface area contributed by atoms with Crippen LogP contribution < -0.4 is 0 Å². The van der Waals surface area contributed by atoms with Gasteiger partial charge in [0.25, 0.3) is 0 Å². The number of carbonyl (C=O) groups is 1. The minimum atomic E-state index is -0.414. The second kappa shape index (κ2) is 3.23. The average molecular weight is 153 g/mol. The summed E-state index contributed by atoms with van der Waals surface area (Å²) in [4.78, 5) is 14.1. The number of hydrogen-bond donors (Lipinski definition) is 0. The summed E-state index contributed by atoms with van der Waals surface area (Å²) in [5, 5.41) is 0. The van der Waals surface area contributed by atoms with Crippen LogP contribution in [0.1, 0.15) is 12.5 Å². The molecule has 0 bridgehead atoms. The minimum Gasteiger partial charge on any atom is -0.300 e. The highest BCUT2D eigenvalue weighted by Gasteiger charge is 2.02. The van der Waals surface area contributed by atoms with Crippen molar-refractivity contribution in [1.29, 1.82) is 0 Å². The molecule has 0 fully saturated rings. The van der Waals surface area contributed by atoms with Gasteiger partial charge in [-0.05, 0) is 18.6 Å². The smallest absolute Gasteiger partial charge is 0.145 e. The number of nitrogens with zero attached hydrogens (tertiary/aromatic N) is 1. The van der Waals surface area contributed by atoms with Gasteiger partial charge < -0.3 is 0 Å². The molecular formula is C8H8FNO. The number of carbonyl (C=O) groups excluding carboxylic acids is 1. The molecule has 0 aliphatic rings. The second-order valence-corrected chi connectivity index (χ2v) is 2.35. The first kappa shape index (κ1) is 7.85. The van der Waals surface area contributed by atoms with E-state index in [1.165, 1.54) is 19.2 Å². The van der Waals surface area contributed by atoms with Crippen LogP contribution in [0.2, 0.25) is 0 Å². The monoisotopic (exact) mass is 153 g/mol. The Morgan fingerprint density at radius 1 is 1.73 bits per heavy atom. The fraction of sp³-hybridized carbons (Fsp3) is 0.250. The van der Waals surface area contributed by atoms with Crippen molar-refractivity contribution >= 4 is 5.78 Å². The van der Waals surface area contributed by atoms with Crippen LogP contribution >= 0.6 is 0 Å². The Hall–Kier alpha value is -1.25. The maximum absolute atomic E-state index is 12.7. The van der Waals surface area contributed by atoms with Gasteiger partial charge in [0, 0.05) is 12.6 Å². The van der Waals surface area contributed by atoms with Crippen molar-refractivity contribution < 1.29 is 9.18 Å². The maximum atomic E-state index is 12.7. The summed E-state index contributed by atoms with van der Waals surface area (Å²) in [5.41, 5.74) is 0.410. The Balaban J connectivity index is 2.86. The van der Waals surface area contributed by atoms with Crippen LogP contribution in [0.15, 0.2) is 18.5 Å². The van der Waals surface area contributed by atoms with Gasteiger partial charge in [0.15, 0.2) is 0 Å². The number of hydrogen-bond acceptors (Lipinski definition) is 2. The average Bonchev–Trinajstić information content (AvgIpc) is 1.93. The lowest BCUT2D eigenvalue weighted by molar-refractivity contribution is -0.116. The fourth-order valence-corrected chi connectivity index (χ4v) is 0.816. The topological polar surface area (TPSA) is 30.0 Å². The van der Waals surface area contributed by atoms with Gasteiger partial charge in [-0.1, -0.05) is 0 Å². The van der Waals surface area contributed by atoms with Crippen molar-refractivity contribution in [3.8, 4) is 0 Å². The molecule has 0 N–H and O–H groups in total. The molecule has 2 nitrogen and oxygen atoms in total.